The van der Waals surface area contributed by atoms with Crippen molar-refractivity contribution in [1.29, 1.82) is 0 Å². The largest absolute Gasteiger partial charge is 0.487 e. The molecule has 10 heteroatoms. The Morgan fingerprint density at radius 2 is 2.06 bits per heavy atom. The molecule has 1 aliphatic heterocycles. The van der Waals surface area contributed by atoms with Crippen molar-refractivity contribution in [3.05, 3.63) is 22.7 Å². The lowest BCUT2D eigenvalue weighted by atomic mass is 10.0. The summed E-state index contributed by atoms with van der Waals surface area (Å²) in [5.41, 5.74) is 0. The molecule has 2 aliphatic rings. The fourth-order valence-electron chi connectivity index (χ4n) is 4.13. The number of sulfonamides is 1. The molecule has 1 aromatic rings. The second kappa shape index (κ2) is 10.1. The van der Waals surface area contributed by atoms with Crippen LogP contribution in [-0.4, -0.2) is 73.7 Å². The number of aliphatic hydroxyl groups excluding tert-OH is 1. The molecule has 0 unspecified atom stereocenters. The van der Waals surface area contributed by atoms with E-state index in [1.807, 2.05) is 6.92 Å². The van der Waals surface area contributed by atoms with Gasteiger partial charge in [0.05, 0.1) is 13.2 Å². The van der Waals surface area contributed by atoms with Crippen molar-refractivity contribution in [3.63, 3.8) is 0 Å². The third kappa shape index (κ3) is 5.53. The van der Waals surface area contributed by atoms with Crippen LogP contribution in [0.25, 0.3) is 0 Å². The van der Waals surface area contributed by atoms with Crippen LogP contribution >= 0.6 is 15.9 Å². The van der Waals surface area contributed by atoms with Crippen molar-refractivity contribution in [1.82, 2.24) is 14.5 Å². The van der Waals surface area contributed by atoms with E-state index in [9.17, 15) is 18.3 Å². The number of fused-ring (bicyclic) bond motifs is 1. The number of halogens is 1. The van der Waals surface area contributed by atoms with E-state index >= 15 is 0 Å². The van der Waals surface area contributed by atoms with Crippen LogP contribution in [0.5, 0.6) is 5.75 Å². The van der Waals surface area contributed by atoms with Gasteiger partial charge in [-0.2, -0.15) is 4.31 Å². The molecule has 2 N–H and O–H groups in total. The lowest BCUT2D eigenvalue weighted by Crippen LogP contribution is -2.51. The Hall–Kier alpha value is -1.36. The van der Waals surface area contributed by atoms with E-state index in [0.29, 0.717) is 11.0 Å². The minimum absolute atomic E-state index is 0.0611. The van der Waals surface area contributed by atoms with Crippen LogP contribution < -0.4 is 10.1 Å². The van der Waals surface area contributed by atoms with Crippen LogP contribution in [-0.2, 0) is 10.0 Å². The Kier molecular flexibility index (Phi) is 7.88. The summed E-state index contributed by atoms with van der Waals surface area (Å²) in [6, 6.07) is 4.29. The van der Waals surface area contributed by atoms with E-state index in [-0.39, 0.29) is 41.8 Å². The van der Waals surface area contributed by atoms with Crippen LogP contribution in [0.2, 0.25) is 0 Å². The van der Waals surface area contributed by atoms with Crippen molar-refractivity contribution in [2.45, 2.75) is 62.6 Å². The quantitative estimate of drug-likeness (QED) is 0.625. The predicted molar refractivity (Wildman–Crippen MR) is 122 cm³/mol. The third-order valence-electron chi connectivity index (χ3n) is 6.11. The molecule has 3 rings (SSSR count). The number of hydrogen-bond donors (Lipinski definition) is 2. The van der Waals surface area contributed by atoms with Gasteiger partial charge in [-0.05, 0) is 38.0 Å². The van der Waals surface area contributed by atoms with Gasteiger partial charge in [0.1, 0.15) is 16.7 Å². The summed E-state index contributed by atoms with van der Waals surface area (Å²) in [6.07, 6.45) is 3.86. The Morgan fingerprint density at radius 3 is 2.71 bits per heavy atom. The molecule has 31 heavy (non-hydrogen) atoms. The first-order chi connectivity index (χ1) is 14.6. The summed E-state index contributed by atoms with van der Waals surface area (Å²) in [5.74, 6) is 0.0308. The second-order valence-corrected chi connectivity index (χ2v) is 11.4. The zero-order chi connectivity index (χ0) is 22.8. The first-order valence-electron chi connectivity index (χ1n) is 10.7. The molecule has 8 nitrogen and oxygen atoms in total. The van der Waals surface area contributed by atoms with Gasteiger partial charge in [-0.25, -0.2) is 13.2 Å². The van der Waals surface area contributed by atoms with E-state index in [1.54, 1.807) is 31.0 Å². The standard InChI is InChI=1S/C21H32BrN3O5S/c1-14-11-25(15(2)13-26)31(28,29)20-9-8-16(22)10-18(20)30-19(14)12-24(3)21(27)23-17-6-4-5-7-17/h8-10,14-15,17,19,26H,4-7,11-13H2,1-3H3,(H,23,27)/t14-,15+,19+/m0/s1. The van der Waals surface area contributed by atoms with Crippen molar-refractivity contribution in [2.75, 3.05) is 26.7 Å². The molecular weight excluding hydrogens is 486 g/mol. The van der Waals surface area contributed by atoms with Crippen molar-refractivity contribution >= 4 is 32.0 Å². The molecule has 1 aliphatic carbocycles. The third-order valence-corrected chi connectivity index (χ3v) is 8.63. The minimum atomic E-state index is -3.85. The number of ether oxygens (including phenoxy) is 1. The van der Waals surface area contributed by atoms with E-state index in [2.05, 4.69) is 21.2 Å². The Morgan fingerprint density at radius 1 is 1.39 bits per heavy atom. The fraction of sp³-hybridized carbons (Fsp3) is 0.667. The summed E-state index contributed by atoms with van der Waals surface area (Å²) in [6.45, 7) is 3.80. The lowest BCUT2D eigenvalue weighted by Gasteiger charge is -2.37. The minimum Gasteiger partial charge on any atom is -0.487 e. The maximum Gasteiger partial charge on any atom is 0.317 e. The molecule has 3 atom stereocenters. The van der Waals surface area contributed by atoms with Gasteiger partial charge in [-0.15, -0.1) is 0 Å². The topological polar surface area (TPSA) is 99.2 Å². The molecule has 0 spiro atoms. The molecule has 174 valence electrons. The number of nitrogens with zero attached hydrogens (tertiary/aromatic N) is 2. The van der Waals surface area contributed by atoms with Gasteiger partial charge < -0.3 is 20.1 Å². The van der Waals surface area contributed by atoms with Gasteiger partial charge in [-0.1, -0.05) is 35.7 Å². The first-order valence-corrected chi connectivity index (χ1v) is 13.0. The smallest absolute Gasteiger partial charge is 0.317 e. The number of hydrogen-bond acceptors (Lipinski definition) is 5. The highest BCUT2D eigenvalue weighted by molar-refractivity contribution is 9.10. The van der Waals surface area contributed by atoms with Gasteiger partial charge in [0.25, 0.3) is 0 Å². The summed E-state index contributed by atoms with van der Waals surface area (Å²) >= 11 is 3.39. The number of nitrogens with one attached hydrogen (secondary N) is 1. The SMILES string of the molecule is C[C@H](CO)N1C[C@H](C)[C@@H](CN(C)C(=O)NC2CCCC2)Oc2cc(Br)ccc2S1(=O)=O. The molecular formula is C21H32BrN3O5S. The zero-order valence-corrected chi connectivity index (χ0v) is 20.7. The molecule has 1 heterocycles. The molecule has 1 fully saturated rings. The first kappa shape index (κ1) is 24.3. The molecule has 0 radical (unpaired) electrons. The van der Waals surface area contributed by atoms with Gasteiger partial charge >= 0.3 is 6.03 Å². The molecule has 0 aromatic heterocycles. The Bertz CT molecular complexity index is 891. The number of benzene rings is 1. The number of rotatable bonds is 5. The van der Waals surface area contributed by atoms with Gasteiger partial charge in [-0.3, -0.25) is 0 Å². The normalized spacial score (nSPS) is 25.1. The molecule has 1 aromatic carbocycles. The van der Waals surface area contributed by atoms with Crippen molar-refractivity contribution in [3.8, 4) is 5.75 Å². The van der Waals surface area contributed by atoms with Gasteiger partial charge in [0.15, 0.2) is 0 Å². The monoisotopic (exact) mass is 517 g/mol. The molecule has 0 bridgehead atoms. The van der Waals surface area contributed by atoms with Crippen molar-refractivity contribution in [2.24, 2.45) is 5.92 Å². The number of likely N-dealkylation sites (N-methyl/N-ethyl adjacent to an activating group) is 1. The van der Waals surface area contributed by atoms with Crippen LogP contribution in [0.15, 0.2) is 27.6 Å². The van der Waals surface area contributed by atoms with Crippen LogP contribution in [0.4, 0.5) is 4.79 Å². The van der Waals surface area contributed by atoms with E-state index < -0.39 is 22.2 Å². The summed E-state index contributed by atoms with van der Waals surface area (Å²) < 4.78 is 34.8. The second-order valence-electron chi connectivity index (χ2n) is 8.64. The number of carbonyl (C=O) groups excluding carboxylic acids is 1. The van der Waals surface area contributed by atoms with E-state index in [4.69, 9.17) is 4.74 Å². The summed E-state index contributed by atoms with van der Waals surface area (Å²) in [4.78, 5) is 14.3. The highest BCUT2D eigenvalue weighted by Crippen LogP contribution is 2.35. The fourth-order valence-corrected chi connectivity index (χ4v) is 6.29. The maximum absolute atomic E-state index is 13.3. The molecule has 2 amide bonds. The number of carbonyl (C=O) groups is 1. The Labute approximate surface area is 193 Å². The average Bonchev–Trinajstić information content (AvgIpc) is 3.22. The van der Waals surface area contributed by atoms with Crippen LogP contribution in [0.1, 0.15) is 39.5 Å². The maximum atomic E-state index is 13.3. The van der Waals surface area contributed by atoms with Gasteiger partial charge in [0, 0.05) is 36.1 Å². The van der Waals surface area contributed by atoms with E-state index in [1.165, 1.54) is 10.4 Å². The summed E-state index contributed by atoms with van der Waals surface area (Å²) in [7, 11) is -2.13. The molecule has 0 saturated heterocycles. The lowest BCUT2D eigenvalue weighted by molar-refractivity contribution is 0.0808. The highest BCUT2D eigenvalue weighted by atomic mass is 79.9. The number of amides is 2. The van der Waals surface area contributed by atoms with Crippen LogP contribution in [0.3, 0.4) is 0 Å². The average molecular weight is 518 g/mol. The van der Waals surface area contributed by atoms with Crippen molar-refractivity contribution < 1.29 is 23.1 Å². The van der Waals surface area contributed by atoms with Crippen LogP contribution in [0, 0.1) is 5.92 Å². The van der Waals surface area contributed by atoms with E-state index in [0.717, 1.165) is 25.7 Å². The van der Waals surface area contributed by atoms with Gasteiger partial charge in [0.2, 0.25) is 10.0 Å². The number of urea groups is 1. The zero-order valence-electron chi connectivity index (χ0n) is 18.3. The number of aliphatic hydroxyl groups is 1. The summed E-state index contributed by atoms with van der Waals surface area (Å²) in [5, 5.41) is 12.7. The predicted octanol–water partition coefficient (Wildman–Crippen LogP) is 2.80. The Balaban J connectivity index is 1.87. The highest BCUT2D eigenvalue weighted by Gasteiger charge is 2.38. The molecule has 1 saturated carbocycles.